The van der Waals surface area contributed by atoms with Gasteiger partial charge < -0.3 is 0 Å². The van der Waals surface area contributed by atoms with Gasteiger partial charge in [-0.2, -0.15) is 0 Å². The number of nitrogens with one attached hydrogen (secondary N) is 1. The molecule has 0 spiro atoms. The summed E-state index contributed by atoms with van der Waals surface area (Å²) in [5.74, 6) is 0. The summed E-state index contributed by atoms with van der Waals surface area (Å²) in [7, 11) is -3.59. The third-order valence-electron chi connectivity index (χ3n) is 5.17. The summed E-state index contributed by atoms with van der Waals surface area (Å²) >= 11 is -0.0879. The fraction of sp³-hybridized carbons (Fsp3) is 0. The Balaban J connectivity index is 1.78. The summed E-state index contributed by atoms with van der Waals surface area (Å²) in [6, 6.07) is 36.4. The van der Waals surface area contributed by atoms with Gasteiger partial charge >= 0.3 is 172 Å². The molecule has 0 amide bonds. The third-order valence-corrected chi connectivity index (χ3v) is 13.1. The average Bonchev–Trinajstić information content (AvgIpc) is 3.11. The summed E-state index contributed by atoms with van der Waals surface area (Å²) in [4.78, 5) is 2.58. The molecule has 0 atom stereocenters. The molecule has 1 heterocycles. The van der Waals surface area contributed by atoms with Gasteiger partial charge in [0.1, 0.15) is 0 Å². The van der Waals surface area contributed by atoms with E-state index >= 15 is 4.21 Å². The van der Waals surface area contributed by atoms with Gasteiger partial charge in [0, 0.05) is 0 Å². The fourth-order valence-corrected chi connectivity index (χ4v) is 12.5. The van der Waals surface area contributed by atoms with E-state index in [1.54, 1.807) is 0 Å². The number of rotatable bonds is 3. The van der Waals surface area contributed by atoms with Gasteiger partial charge in [-0.05, 0) is 0 Å². The van der Waals surface area contributed by atoms with Gasteiger partial charge in [0.25, 0.3) is 0 Å². The van der Waals surface area contributed by atoms with Crippen molar-refractivity contribution in [1.82, 2.24) is 3.74 Å². The van der Waals surface area contributed by atoms with E-state index in [-0.39, 0.29) is 15.2 Å². The maximum absolute atomic E-state index is 15.2. The first-order valence-corrected chi connectivity index (χ1v) is 12.8. The van der Waals surface area contributed by atoms with E-state index in [1.807, 2.05) is 78.9 Å². The molecule has 4 aromatic rings. The first kappa shape index (κ1) is 17.6. The summed E-state index contributed by atoms with van der Waals surface area (Å²) in [5, 5.41) is 0. The first-order valence-electron chi connectivity index (χ1n) is 9.11. The van der Waals surface area contributed by atoms with Crippen molar-refractivity contribution in [2.45, 2.75) is 14.7 Å². The first-order chi connectivity index (χ1) is 13.7. The van der Waals surface area contributed by atoms with Gasteiger partial charge in [-0.15, -0.1) is 0 Å². The standard InChI is InChI=1S/C24H19NOSSe/c26-27(21-12-6-2-7-13-21,22-14-8-3-9-15-22)23-17-16-20(18-24(23)28-25-27)19-10-4-1-5-11-19/h1-18H,(H,25,26). The summed E-state index contributed by atoms with van der Waals surface area (Å²) < 4.78 is 19.9. The Morgan fingerprint density at radius 1 is 0.607 bits per heavy atom. The van der Waals surface area contributed by atoms with Gasteiger partial charge in [0.2, 0.25) is 0 Å². The predicted molar refractivity (Wildman–Crippen MR) is 116 cm³/mol. The minimum atomic E-state index is -3.59. The molecule has 138 valence electrons. The maximum atomic E-state index is 15.2. The SMILES string of the molecule is O=S1(c2ccccc2)(c2ccccc2)N[Se]c2cc(-c3ccccc3)ccc21. The van der Waals surface area contributed by atoms with Crippen LogP contribution >= 0.6 is 0 Å². The molecule has 0 saturated heterocycles. The van der Waals surface area contributed by atoms with E-state index in [9.17, 15) is 0 Å². The van der Waals surface area contributed by atoms with E-state index in [1.165, 1.54) is 5.56 Å². The second kappa shape index (κ2) is 6.54. The molecule has 0 radical (unpaired) electrons. The van der Waals surface area contributed by atoms with Crippen molar-refractivity contribution in [3.8, 4) is 11.1 Å². The number of fused-ring (bicyclic) bond motifs is 1. The molecule has 4 heteroatoms. The van der Waals surface area contributed by atoms with Crippen LogP contribution in [0.3, 0.4) is 0 Å². The monoisotopic (exact) mass is 449 g/mol. The van der Waals surface area contributed by atoms with Crippen molar-refractivity contribution < 1.29 is 4.21 Å². The van der Waals surface area contributed by atoms with Crippen LogP contribution in [0.15, 0.2) is 124 Å². The molecule has 0 fully saturated rings. The number of hydrogen-bond acceptors (Lipinski definition) is 1. The molecule has 4 aromatic carbocycles. The van der Waals surface area contributed by atoms with Crippen molar-refractivity contribution in [3.63, 3.8) is 0 Å². The summed E-state index contributed by atoms with van der Waals surface area (Å²) in [5.41, 5.74) is 2.34. The molecule has 1 aliphatic heterocycles. The Labute approximate surface area is 171 Å². The van der Waals surface area contributed by atoms with Crippen molar-refractivity contribution in [1.29, 1.82) is 0 Å². The molecule has 0 bridgehead atoms. The molecule has 0 aromatic heterocycles. The number of benzene rings is 4. The van der Waals surface area contributed by atoms with Crippen molar-refractivity contribution in [3.05, 3.63) is 109 Å². The molecule has 2 nitrogen and oxygen atoms in total. The van der Waals surface area contributed by atoms with Crippen LogP contribution in [0.5, 0.6) is 0 Å². The number of hydrogen-bond donors (Lipinski definition) is 1. The second-order valence-electron chi connectivity index (χ2n) is 6.78. The zero-order valence-corrected chi connectivity index (χ0v) is 17.6. The average molecular weight is 448 g/mol. The van der Waals surface area contributed by atoms with Crippen LogP contribution in [0.1, 0.15) is 0 Å². The summed E-state index contributed by atoms with van der Waals surface area (Å²) in [6.45, 7) is 0. The molecule has 28 heavy (non-hydrogen) atoms. The van der Waals surface area contributed by atoms with Gasteiger partial charge in [-0.25, -0.2) is 0 Å². The summed E-state index contributed by atoms with van der Waals surface area (Å²) in [6.07, 6.45) is 0. The molecular weight excluding hydrogens is 429 g/mol. The quantitative estimate of drug-likeness (QED) is 0.462. The van der Waals surface area contributed by atoms with E-state index in [0.717, 1.165) is 24.7 Å². The molecule has 1 aliphatic rings. The fourth-order valence-electron chi connectivity index (χ4n) is 3.74. The molecule has 0 unspecified atom stereocenters. The van der Waals surface area contributed by atoms with Crippen LogP contribution in [0.2, 0.25) is 0 Å². The Morgan fingerprint density at radius 2 is 1.14 bits per heavy atom. The van der Waals surface area contributed by atoms with Crippen LogP contribution in [0.25, 0.3) is 11.1 Å². The van der Waals surface area contributed by atoms with Gasteiger partial charge in [0.15, 0.2) is 0 Å². The van der Waals surface area contributed by atoms with E-state index in [4.69, 9.17) is 0 Å². The zero-order chi connectivity index (χ0) is 19.1. The van der Waals surface area contributed by atoms with Crippen molar-refractivity contribution in [2.75, 3.05) is 0 Å². The van der Waals surface area contributed by atoms with E-state index in [0.29, 0.717) is 0 Å². The Hall–Kier alpha value is -2.49. The van der Waals surface area contributed by atoms with Crippen LogP contribution < -0.4 is 8.20 Å². The molecule has 0 saturated carbocycles. The molecule has 1 N–H and O–H groups in total. The van der Waals surface area contributed by atoms with E-state index < -0.39 is 9.25 Å². The molecule has 0 aliphatic carbocycles. The van der Waals surface area contributed by atoms with Crippen LogP contribution in [0, 0.1) is 0 Å². The molecule has 5 rings (SSSR count). The van der Waals surface area contributed by atoms with Gasteiger partial charge in [-0.3, -0.25) is 0 Å². The Bertz CT molecular complexity index is 1160. The Kier molecular flexibility index (Phi) is 4.11. The zero-order valence-electron chi connectivity index (χ0n) is 15.1. The van der Waals surface area contributed by atoms with Crippen LogP contribution in [0.4, 0.5) is 0 Å². The van der Waals surface area contributed by atoms with Crippen LogP contribution in [-0.4, -0.2) is 19.4 Å². The molecular formula is C24H19NOSSe. The van der Waals surface area contributed by atoms with Crippen molar-refractivity contribution in [2.24, 2.45) is 0 Å². The van der Waals surface area contributed by atoms with Gasteiger partial charge in [-0.1, -0.05) is 0 Å². The topological polar surface area (TPSA) is 29.1 Å². The third kappa shape index (κ3) is 2.47. The minimum absolute atomic E-state index is 0.0879. The van der Waals surface area contributed by atoms with Gasteiger partial charge in [0.05, 0.1) is 0 Å². The second-order valence-corrected chi connectivity index (χ2v) is 12.6. The Morgan fingerprint density at radius 3 is 1.71 bits per heavy atom. The van der Waals surface area contributed by atoms with E-state index in [2.05, 4.69) is 34.1 Å². The predicted octanol–water partition coefficient (Wildman–Crippen LogP) is 4.41. The normalized spacial score (nSPS) is 17.9. The van der Waals surface area contributed by atoms with Crippen molar-refractivity contribution >= 4 is 28.9 Å². The van der Waals surface area contributed by atoms with Crippen LogP contribution in [-0.2, 0) is 9.25 Å².